The summed E-state index contributed by atoms with van der Waals surface area (Å²) >= 11 is 0. The summed E-state index contributed by atoms with van der Waals surface area (Å²) in [5.74, 6) is -3.07. The van der Waals surface area contributed by atoms with Crippen molar-refractivity contribution < 1.29 is 24.3 Å². The van der Waals surface area contributed by atoms with Gasteiger partial charge >= 0.3 is 5.97 Å². The predicted molar refractivity (Wildman–Crippen MR) is 134 cm³/mol. The fourth-order valence-corrected chi connectivity index (χ4v) is 3.88. The molecule has 0 fully saturated rings. The van der Waals surface area contributed by atoms with Crippen LogP contribution in [-0.4, -0.2) is 64.5 Å². The number of hydrogen-bond acceptors (Lipinski definition) is 5. The Labute approximate surface area is 205 Å². The van der Waals surface area contributed by atoms with Gasteiger partial charge in [-0.05, 0) is 30.9 Å². The van der Waals surface area contributed by atoms with Crippen LogP contribution in [0.15, 0.2) is 30.5 Å². The Morgan fingerprint density at radius 1 is 0.943 bits per heavy atom. The molecular weight excluding hydrogens is 450 g/mol. The second-order valence-corrected chi connectivity index (χ2v) is 9.22. The summed E-state index contributed by atoms with van der Waals surface area (Å²) in [5.41, 5.74) is 1.94. The molecule has 0 unspecified atom stereocenters. The quantitative estimate of drug-likeness (QED) is 0.251. The number of aliphatic carboxylic acids is 1. The molecule has 35 heavy (non-hydrogen) atoms. The Bertz CT molecular complexity index is 1030. The number of hydrogen-bond donors (Lipinski definition) is 6. The zero-order chi connectivity index (χ0) is 26.1. The molecule has 2 aromatic rings. The minimum atomic E-state index is -1.24. The van der Waals surface area contributed by atoms with Crippen LogP contribution in [-0.2, 0) is 25.6 Å². The third-order valence-corrected chi connectivity index (χ3v) is 5.56. The molecule has 0 saturated carbocycles. The van der Waals surface area contributed by atoms with Crippen molar-refractivity contribution in [3.63, 3.8) is 0 Å². The molecule has 0 aliphatic rings. The molecule has 0 spiro atoms. The van der Waals surface area contributed by atoms with Crippen LogP contribution >= 0.6 is 0 Å². The molecule has 0 radical (unpaired) electrons. The van der Waals surface area contributed by atoms with Crippen LogP contribution in [0.1, 0.15) is 46.6 Å². The Morgan fingerprint density at radius 2 is 1.63 bits per heavy atom. The van der Waals surface area contributed by atoms with Gasteiger partial charge in [0.15, 0.2) is 0 Å². The number of fused-ring (bicyclic) bond motifs is 1. The van der Waals surface area contributed by atoms with Crippen molar-refractivity contribution in [1.29, 1.82) is 0 Å². The maximum atomic E-state index is 13.3. The first-order valence-corrected chi connectivity index (χ1v) is 11.9. The number of carbonyl (C=O) groups is 4. The van der Waals surface area contributed by atoms with Crippen molar-refractivity contribution in [2.45, 2.75) is 71.6 Å². The molecule has 3 atom stereocenters. The van der Waals surface area contributed by atoms with Crippen molar-refractivity contribution in [3.05, 3.63) is 36.0 Å². The van der Waals surface area contributed by atoms with E-state index in [0.29, 0.717) is 13.0 Å². The molecule has 0 saturated heterocycles. The number of benzene rings is 1. The van der Waals surface area contributed by atoms with E-state index in [-0.39, 0.29) is 17.9 Å². The number of H-pyrrole nitrogens is 1. The molecule has 0 aliphatic heterocycles. The number of amides is 3. The highest BCUT2D eigenvalue weighted by molar-refractivity contribution is 5.95. The molecule has 6 N–H and O–H groups in total. The predicted octanol–water partition coefficient (Wildman–Crippen LogP) is 1.31. The highest BCUT2D eigenvalue weighted by Gasteiger charge is 2.32. The third-order valence-electron chi connectivity index (χ3n) is 5.56. The number of rotatable bonds is 13. The summed E-state index contributed by atoms with van der Waals surface area (Å²) in [7, 11) is 0. The van der Waals surface area contributed by atoms with Crippen LogP contribution in [0.25, 0.3) is 10.9 Å². The number of aromatic amines is 1. The van der Waals surface area contributed by atoms with Crippen LogP contribution in [0.2, 0.25) is 0 Å². The second-order valence-electron chi connectivity index (χ2n) is 9.22. The van der Waals surface area contributed by atoms with E-state index in [9.17, 15) is 19.2 Å². The number of nitrogens with one attached hydrogen (secondary N) is 5. The molecule has 10 heteroatoms. The SMILES string of the molecule is CCNC(=O)[C@H](CC(=O)O)NC(=O)[C@@H](NC(=O)[C@H](Cc1c[nH]c2ccccc12)NC(C)C)C(C)C. The molecule has 1 heterocycles. The van der Waals surface area contributed by atoms with E-state index in [0.717, 1.165) is 16.5 Å². The molecule has 3 amide bonds. The monoisotopic (exact) mass is 487 g/mol. The standard InChI is InChI=1S/C25H37N5O5/c1-6-26-23(33)20(12-21(31)32)29-25(35)22(14(2)3)30-24(34)19(28-15(4)5)11-16-13-27-18-10-8-7-9-17(16)18/h7-10,13-15,19-20,22,27-28H,6,11-12H2,1-5H3,(H,26,33)(H,29,35)(H,30,34)(H,31,32)/t19-,20-,22-/m0/s1. The van der Waals surface area contributed by atoms with Gasteiger partial charge in [0, 0.05) is 29.7 Å². The number of carboxylic acid groups (broad SMARTS) is 1. The van der Waals surface area contributed by atoms with E-state index in [1.165, 1.54) is 0 Å². The van der Waals surface area contributed by atoms with Crippen LogP contribution in [0.5, 0.6) is 0 Å². The molecular formula is C25H37N5O5. The first-order valence-electron chi connectivity index (χ1n) is 11.9. The van der Waals surface area contributed by atoms with E-state index >= 15 is 0 Å². The molecule has 0 bridgehead atoms. The normalized spacial score (nSPS) is 13.9. The van der Waals surface area contributed by atoms with Gasteiger partial charge in [-0.25, -0.2) is 0 Å². The van der Waals surface area contributed by atoms with Gasteiger partial charge in [-0.2, -0.15) is 0 Å². The lowest BCUT2D eigenvalue weighted by Crippen LogP contribution is -2.58. The zero-order valence-electron chi connectivity index (χ0n) is 21.0. The van der Waals surface area contributed by atoms with Crippen molar-refractivity contribution in [2.24, 2.45) is 5.92 Å². The van der Waals surface area contributed by atoms with E-state index < -0.39 is 42.3 Å². The fraction of sp³-hybridized carbons (Fsp3) is 0.520. The molecule has 192 valence electrons. The summed E-state index contributed by atoms with van der Waals surface area (Å²) in [6, 6.07) is 5.03. The van der Waals surface area contributed by atoms with E-state index in [1.807, 2.05) is 44.3 Å². The summed E-state index contributed by atoms with van der Waals surface area (Å²) < 4.78 is 0. The number of carbonyl (C=O) groups excluding carboxylic acids is 3. The lowest BCUT2D eigenvalue weighted by molar-refractivity contribution is -0.141. The van der Waals surface area contributed by atoms with Crippen LogP contribution < -0.4 is 21.3 Å². The highest BCUT2D eigenvalue weighted by Crippen LogP contribution is 2.19. The smallest absolute Gasteiger partial charge is 0.305 e. The maximum Gasteiger partial charge on any atom is 0.305 e. The topological polar surface area (TPSA) is 152 Å². The molecule has 0 aliphatic carbocycles. The van der Waals surface area contributed by atoms with Gasteiger partial charge < -0.3 is 31.4 Å². The zero-order valence-corrected chi connectivity index (χ0v) is 21.0. The van der Waals surface area contributed by atoms with Gasteiger partial charge in [-0.15, -0.1) is 0 Å². The molecule has 10 nitrogen and oxygen atoms in total. The van der Waals surface area contributed by atoms with Crippen LogP contribution in [0.4, 0.5) is 0 Å². The molecule has 2 rings (SSSR count). The van der Waals surface area contributed by atoms with Gasteiger partial charge in [-0.1, -0.05) is 45.9 Å². The molecule has 1 aromatic heterocycles. The summed E-state index contributed by atoms with van der Waals surface area (Å²) in [6.07, 6.45) is 1.72. The van der Waals surface area contributed by atoms with E-state index in [4.69, 9.17) is 5.11 Å². The van der Waals surface area contributed by atoms with Crippen LogP contribution in [0.3, 0.4) is 0 Å². The third kappa shape index (κ3) is 8.10. The number of para-hydroxylation sites is 1. The average molecular weight is 488 g/mol. The summed E-state index contributed by atoms with van der Waals surface area (Å²) in [5, 5.41) is 21.3. The van der Waals surface area contributed by atoms with Gasteiger partial charge in [0.25, 0.3) is 0 Å². The molecule has 1 aromatic carbocycles. The average Bonchev–Trinajstić information content (AvgIpc) is 3.18. The minimum absolute atomic E-state index is 0.0139. The van der Waals surface area contributed by atoms with Gasteiger partial charge in [-0.3, -0.25) is 19.2 Å². The Balaban J connectivity index is 2.19. The lowest BCUT2D eigenvalue weighted by atomic mass is 9.99. The van der Waals surface area contributed by atoms with Crippen molar-refractivity contribution in [3.8, 4) is 0 Å². The fourth-order valence-electron chi connectivity index (χ4n) is 3.88. The summed E-state index contributed by atoms with van der Waals surface area (Å²) in [4.78, 5) is 53.0. The second kappa shape index (κ2) is 12.9. The number of carboxylic acids is 1. The van der Waals surface area contributed by atoms with Crippen LogP contribution in [0, 0.1) is 5.92 Å². The van der Waals surface area contributed by atoms with Gasteiger partial charge in [0.1, 0.15) is 12.1 Å². The first kappa shape index (κ1) is 27.8. The van der Waals surface area contributed by atoms with E-state index in [1.54, 1.807) is 20.8 Å². The lowest BCUT2D eigenvalue weighted by Gasteiger charge is -2.27. The van der Waals surface area contributed by atoms with Crippen molar-refractivity contribution in [1.82, 2.24) is 26.3 Å². The maximum absolute atomic E-state index is 13.3. The first-order chi connectivity index (χ1) is 16.5. The summed E-state index contributed by atoms with van der Waals surface area (Å²) in [6.45, 7) is 9.41. The van der Waals surface area contributed by atoms with Crippen molar-refractivity contribution in [2.75, 3.05) is 6.54 Å². The minimum Gasteiger partial charge on any atom is -0.481 e. The van der Waals surface area contributed by atoms with E-state index in [2.05, 4.69) is 26.3 Å². The Kier molecular flexibility index (Phi) is 10.3. The van der Waals surface area contributed by atoms with Gasteiger partial charge in [0.2, 0.25) is 17.7 Å². The number of likely N-dealkylation sites (N-methyl/N-ethyl adjacent to an activating group) is 1. The Hall–Kier alpha value is -3.40. The van der Waals surface area contributed by atoms with Crippen molar-refractivity contribution >= 4 is 34.6 Å². The largest absolute Gasteiger partial charge is 0.481 e. The van der Waals surface area contributed by atoms with Gasteiger partial charge in [0.05, 0.1) is 12.5 Å². The Morgan fingerprint density at radius 3 is 2.23 bits per heavy atom. The number of aromatic nitrogens is 1. The highest BCUT2D eigenvalue weighted by atomic mass is 16.4.